The van der Waals surface area contributed by atoms with E-state index in [1.165, 1.54) is 44.9 Å². The third-order valence-corrected chi connectivity index (χ3v) is 4.83. The number of nitrogens with zero attached hydrogens (tertiary/aromatic N) is 2. The molecule has 2 nitrogen and oxygen atoms in total. The Bertz CT molecular complexity index is 273. The number of rotatable bonds is 2. The van der Waals surface area contributed by atoms with Gasteiger partial charge in [-0.2, -0.15) is 5.26 Å². The van der Waals surface area contributed by atoms with Gasteiger partial charge < -0.3 is 0 Å². The molecule has 1 aliphatic heterocycles. The predicted octanol–water partition coefficient (Wildman–Crippen LogP) is 3.72. The molecule has 1 saturated carbocycles. The maximum absolute atomic E-state index is 9.71. The van der Waals surface area contributed by atoms with Crippen molar-refractivity contribution in [2.75, 3.05) is 13.1 Å². The minimum atomic E-state index is -0.108. The standard InChI is InChI=1S/C15H26N2/c1-2-14-8-7-9-15(12-14,13-16)17-10-5-3-4-6-11-17/h14H,2-12H2,1H3. The second-order valence-corrected chi connectivity index (χ2v) is 5.92. The zero-order chi connectivity index (χ0) is 12.1. The Balaban J connectivity index is 2.09. The fraction of sp³-hybridized carbons (Fsp3) is 0.933. The van der Waals surface area contributed by atoms with Crippen molar-refractivity contribution in [3.05, 3.63) is 0 Å². The summed E-state index contributed by atoms with van der Waals surface area (Å²) in [6, 6.07) is 2.71. The fourth-order valence-corrected chi connectivity index (χ4v) is 3.67. The van der Waals surface area contributed by atoms with Crippen LogP contribution in [-0.4, -0.2) is 23.5 Å². The van der Waals surface area contributed by atoms with Gasteiger partial charge in [0.1, 0.15) is 5.54 Å². The van der Waals surface area contributed by atoms with Gasteiger partial charge in [0.15, 0.2) is 0 Å². The van der Waals surface area contributed by atoms with Gasteiger partial charge in [0.25, 0.3) is 0 Å². The van der Waals surface area contributed by atoms with E-state index in [4.69, 9.17) is 0 Å². The first kappa shape index (κ1) is 12.9. The van der Waals surface area contributed by atoms with Crippen molar-refractivity contribution < 1.29 is 0 Å². The zero-order valence-electron chi connectivity index (χ0n) is 11.2. The van der Waals surface area contributed by atoms with Gasteiger partial charge in [-0.05, 0) is 44.7 Å². The van der Waals surface area contributed by atoms with Gasteiger partial charge in [0, 0.05) is 0 Å². The van der Waals surface area contributed by atoms with E-state index in [1.54, 1.807) is 0 Å². The number of hydrogen-bond acceptors (Lipinski definition) is 2. The van der Waals surface area contributed by atoms with Crippen molar-refractivity contribution in [2.45, 2.75) is 70.3 Å². The van der Waals surface area contributed by atoms with Crippen LogP contribution in [0.15, 0.2) is 0 Å². The van der Waals surface area contributed by atoms with E-state index in [1.807, 2.05) is 0 Å². The highest BCUT2D eigenvalue weighted by Gasteiger charge is 2.40. The third kappa shape index (κ3) is 2.83. The largest absolute Gasteiger partial charge is 0.286 e. The predicted molar refractivity (Wildman–Crippen MR) is 70.6 cm³/mol. The Kier molecular flexibility index (Phi) is 4.45. The molecule has 0 N–H and O–H groups in total. The van der Waals surface area contributed by atoms with Gasteiger partial charge in [0.05, 0.1) is 6.07 Å². The molecule has 0 amide bonds. The second kappa shape index (κ2) is 5.87. The lowest BCUT2D eigenvalue weighted by molar-refractivity contribution is 0.0760. The average Bonchev–Trinajstić information content (AvgIpc) is 2.68. The molecule has 2 atom stereocenters. The molecule has 17 heavy (non-hydrogen) atoms. The summed E-state index contributed by atoms with van der Waals surface area (Å²) in [6.07, 6.45) is 11.4. The number of nitriles is 1. The minimum absolute atomic E-state index is 0.108. The summed E-state index contributed by atoms with van der Waals surface area (Å²) in [6.45, 7) is 4.59. The van der Waals surface area contributed by atoms with Crippen LogP contribution >= 0.6 is 0 Å². The molecule has 96 valence electrons. The highest BCUT2D eigenvalue weighted by Crippen LogP contribution is 2.38. The molecule has 1 saturated heterocycles. The van der Waals surface area contributed by atoms with Gasteiger partial charge >= 0.3 is 0 Å². The molecule has 0 aromatic carbocycles. The Labute approximate surface area is 106 Å². The number of likely N-dealkylation sites (tertiary alicyclic amines) is 1. The SMILES string of the molecule is CCC1CCCC(C#N)(N2CCCCCC2)C1. The van der Waals surface area contributed by atoms with E-state index in [-0.39, 0.29) is 5.54 Å². The minimum Gasteiger partial charge on any atom is -0.286 e. The first-order valence-electron chi connectivity index (χ1n) is 7.47. The van der Waals surface area contributed by atoms with Crippen LogP contribution in [0.2, 0.25) is 0 Å². The van der Waals surface area contributed by atoms with E-state index < -0.39 is 0 Å². The van der Waals surface area contributed by atoms with Crippen molar-refractivity contribution in [1.29, 1.82) is 5.26 Å². The Morgan fingerprint density at radius 1 is 1.18 bits per heavy atom. The van der Waals surface area contributed by atoms with E-state index in [9.17, 15) is 5.26 Å². The lowest BCUT2D eigenvalue weighted by atomic mass is 9.74. The molecule has 0 aromatic rings. The first-order chi connectivity index (χ1) is 8.30. The fourth-order valence-electron chi connectivity index (χ4n) is 3.67. The molecule has 2 heteroatoms. The van der Waals surface area contributed by atoms with Crippen LogP contribution in [0.3, 0.4) is 0 Å². The molecule has 0 aromatic heterocycles. The molecule has 1 aliphatic carbocycles. The van der Waals surface area contributed by atoms with Crippen molar-refractivity contribution in [3.63, 3.8) is 0 Å². The quantitative estimate of drug-likeness (QED) is 0.728. The summed E-state index contributed by atoms with van der Waals surface area (Å²) in [5.74, 6) is 0.784. The van der Waals surface area contributed by atoms with Crippen LogP contribution in [0, 0.1) is 17.2 Å². The van der Waals surface area contributed by atoms with Crippen LogP contribution < -0.4 is 0 Å². The highest BCUT2D eigenvalue weighted by molar-refractivity contribution is 5.11. The maximum Gasteiger partial charge on any atom is 0.109 e. The lowest BCUT2D eigenvalue weighted by Crippen LogP contribution is -2.51. The normalized spacial score (nSPS) is 36.1. The van der Waals surface area contributed by atoms with Crippen LogP contribution in [0.1, 0.15) is 64.7 Å². The smallest absolute Gasteiger partial charge is 0.109 e. The summed E-state index contributed by atoms with van der Waals surface area (Å²) in [5.41, 5.74) is -0.108. The van der Waals surface area contributed by atoms with Crippen LogP contribution in [-0.2, 0) is 0 Å². The maximum atomic E-state index is 9.71. The molecular weight excluding hydrogens is 208 g/mol. The Morgan fingerprint density at radius 2 is 1.88 bits per heavy atom. The van der Waals surface area contributed by atoms with Crippen LogP contribution in [0.25, 0.3) is 0 Å². The van der Waals surface area contributed by atoms with E-state index >= 15 is 0 Å². The van der Waals surface area contributed by atoms with Crippen LogP contribution in [0.4, 0.5) is 0 Å². The van der Waals surface area contributed by atoms with E-state index in [0.29, 0.717) is 0 Å². The van der Waals surface area contributed by atoms with Crippen molar-refractivity contribution in [1.82, 2.24) is 4.90 Å². The molecular formula is C15H26N2. The van der Waals surface area contributed by atoms with Gasteiger partial charge in [-0.1, -0.05) is 39.0 Å². The van der Waals surface area contributed by atoms with Crippen molar-refractivity contribution in [3.8, 4) is 6.07 Å². The number of hydrogen-bond donors (Lipinski definition) is 0. The lowest BCUT2D eigenvalue weighted by Gasteiger charge is -2.43. The molecule has 0 radical (unpaired) electrons. The van der Waals surface area contributed by atoms with E-state index in [0.717, 1.165) is 31.8 Å². The van der Waals surface area contributed by atoms with Gasteiger partial charge in [-0.15, -0.1) is 0 Å². The molecule has 1 heterocycles. The highest BCUT2D eigenvalue weighted by atomic mass is 15.2. The first-order valence-corrected chi connectivity index (χ1v) is 7.47. The van der Waals surface area contributed by atoms with Crippen LogP contribution in [0.5, 0.6) is 0 Å². The second-order valence-electron chi connectivity index (χ2n) is 5.92. The van der Waals surface area contributed by atoms with Crippen molar-refractivity contribution >= 4 is 0 Å². The topological polar surface area (TPSA) is 27.0 Å². The molecule has 0 spiro atoms. The zero-order valence-corrected chi connectivity index (χ0v) is 11.2. The summed E-state index contributed by atoms with van der Waals surface area (Å²) in [5, 5.41) is 9.71. The molecule has 2 aliphatic rings. The summed E-state index contributed by atoms with van der Waals surface area (Å²) >= 11 is 0. The Hall–Kier alpha value is -0.550. The molecule has 2 fully saturated rings. The van der Waals surface area contributed by atoms with Gasteiger partial charge in [0.2, 0.25) is 0 Å². The van der Waals surface area contributed by atoms with Crippen molar-refractivity contribution in [2.24, 2.45) is 5.92 Å². The van der Waals surface area contributed by atoms with E-state index in [2.05, 4.69) is 17.9 Å². The average molecular weight is 234 g/mol. The third-order valence-electron chi connectivity index (χ3n) is 4.83. The molecule has 2 rings (SSSR count). The molecule has 2 unspecified atom stereocenters. The summed E-state index contributed by atoms with van der Waals surface area (Å²) < 4.78 is 0. The Morgan fingerprint density at radius 3 is 2.47 bits per heavy atom. The summed E-state index contributed by atoms with van der Waals surface area (Å²) in [4.78, 5) is 2.53. The monoisotopic (exact) mass is 234 g/mol. The summed E-state index contributed by atoms with van der Waals surface area (Å²) in [7, 11) is 0. The molecule has 0 bridgehead atoms. The van der Waals surface area contributed by atoms with Gasteiger partial charge in [-0.3, -0.25) is 4.90 Å². The van der Waals surface area contributed by atoms with Gasteiger partial charge in [-0.25, -0.2) is 0 Å².